The molecule has 2 amide bonds. The minimum atomic E-state index is -2.11. The monoisotopic (exact) mass is 644 g/mol. The predicted molar refractivity (Wildman–Crippen MR) is 169 cm³/mol. The summed E-state index contributed by atoms with van der Waals surface area (Å²) in [6.07, 6.45) is -1.00. The molecule has 2 bridgehead atoms. The minimum Gasteiger partial charge on any atom is -0.497 e. The Bertz CT molecular complexity index is 1710. The van der Waals surface area contributed by atoms with Crippen molar-refractivity contribution in [3.8, 4) is 28.7 Å². The van der Waals surface area contributed by atoms with Gasteiger partial charge in [-0.3, -0.25) is 9.59 Å². The van der Waals surface area contributed by atoms with Crippen molar-refractivity contribution in [2.24, 2.45) is 11.3 Å². The molecule has 1 aliphatic carbocycles. The molecule has 2 unspecified atom stereocenters. The van der Waals surface area contributed by atoms with Gasteiger partial charge in [-0.05, 0) is 36.1 Å². The number of aliphatic hydroxyl groups excluding tert-OH is 1. The van der Waals surface area contributed by atoms with Gasteiger partial charge in [-0.25, -0.2) is 0 Å². The number of nitrogens with one attached hydrogen (secondary N) is 1. The summed E-state index contributed by atoms with van der Waals surface area (Å²) in [7, 11) is 3.00. The fourth-order valence-electron chi connectivity index (χ4n) is 7.81. The van der Waals surface area contributed by atoms with E-state index in [0.717, 1.165) is 0 Å². The van der Waals surface area contributed by atoms with Gasteiger partial charge in [0.05, 0.1) is 25.7 Å². The molecule has 6 atom stereocenters. The molecular formula is C36H40N2O9. The van der Waals surface area contributed by atoms with Crippen LogP contribution in [-0.2, 0) is 20.8 Å². The average Bonchev–Trinajstić information content (AvgIpc) is 3.76. The van der Waals surface area contributed by atoms with E-state index < -0.39 is 40.7 Å². The van der Waals surface area contributed by atoms with Crippen LogP contribution >= 0.6 is 0 Å². The smallest absolute Gasteiger partial charge is 0.232 e. The van der Waals surface area contributed by atoms with Crippen molar-refractivity contribution in [1.29, 1.82) is 0 Å². The zero-order chi connectivity index (χ0) is 33.3. The number of ether oxygens (including phenoxy) is 5. The first-order valence-corrected chi connectivity index (χ1v) is 15.9. The Balaban J connectivity index is 1.48. The Morgan fingerprint density at radius 1 is 1.00 bits per heavy atom. The van der Waals surface area contributed by atoms with E-state index in [4.69, 9.17) is 23.7 Å². The molecule has 7 rings (SSSR count). The molecule has 3 aromatic carbocycles. The van der Waals surface area contributed by atoms with E-state index in [9.17, 15) is 15.0 Å². The lowest BCUT2D eigenvalue weighted by Gasteiger charge is -2.45. The van der Waals surface area contributed by atoms with Gasteiger partial charge in [-0.2, -0.15) is 0 Å². The molecule has 47 heavy (non-hydrogen) atoms. The zero-order valence-corrected chi connectivity index (χ0v) is 27.1. The maximum atomic E-state index is 15.3. The normalized spacial score (nSPS) is 28.8. The van der Waals surface area contributed by atoms with Crippen LogP contribution in [0.15, 0.2) is 60.7 Å². The van der Waals surface area contributed by atoms with Crippen LogP contribution in [-0.4, -0.2) is 66.8 Å². The third-order valence-corrected chi connectivity index (χ3v) is 10.0. The van der Waals surface area contributed by atoms with Crippen LogP contribution in [0.2, 0.25) is 0 Å². The Kier molecular flexibility index (Phi) is 7.32. The number of rotatable bonds is 6. The van der Waals surface area contributed by atoms with Crippen molar-refractivity contribution < 1.29 is 43.5 Å². The van der Waals surface area contributed by atoms with Gasteiger partial charge >= 0.3 is 0 Å². The second-order valence-electron chi connectivity index (χ2n) is 13.6. The van der Waals surface area contributed by atoms with Crippen LogP contribution in [0.4, 0.5) is 0 Å². The summed E-state index contributed by atoms with van der Waals surface area (Å²) < 4.78 is 29.7. The number of likely N-dealkylation sites (tertiary alicyclic amines) is 1. The Morgan fingerprint density at radius 3 is 2.38 bits per heavy atom. The molecule has 0 spiro atoms. The SMILES string of the molecule is COc1ccc([C@@]23Oc4cc5c(c(OC)c4[C@@](O)(C2O)[C@@H](c2ccccc2)[C@@H]3C(=O)N2CCCC2NC(=O)C(C)(C)C)OCO5)cc1. The number of amides is 2. The van der Waals surface area contributed by atoms with E-state index in [1.54, 1.807) is 42.3 Å². The topological polar surface area (TPSA) is 136 Å². The van der Waals surface area contributed by atoms with Crippen molar-refractivity contribution in [3.05, 3.63) is 77.4 Å². The number of methoxy groups -OCH3 is 2. The molecule has 248 valence electrons. The minimum absolute atomic E-state index is 0.0565. The molecule has 0 aromatic heterocycles. The standard InChI is InChI=1S/C36H40N2O9/c1-34(2,3)33(41)37-25-12-9-17-38(25)31(39)28-26(20-10-7-6-8-11-20)35(42)27-23(18-24-29(30(27)44-5)46-19-45-24)47-36(28,32(35)40)21-13-15-22(43-4)16-14-21/h6-8,10-11,13-16,18,25-26,28,32,40,42H,9,12,17,19H2,1-5H3,(H,37,41)/t25?,26-,28+,32?,35+,36-/m0/s1. The van der Waals surface area contributed by atoms with Crippen LogP contribution in [0.5, 0.6) is 28.7 Å². The second-order valence-corrected chi connectivity index (χ2v) is 13.6. The molecular weight excluding hydrogens is 604 g/mol. The molecule has 11 heteroatoms. The van der Waals surface area contributed by atoms with Gasteiger partial charge in [0.2, 0.25) is 24.4 Å². The molecule has 4 aliphatic rings. The van der Waals surface area contributed by atoms with E-state index in [1.807, 2.05) is 51.1 Å². The molecule has 1 saturated heterocycles. The summed E-state index contributed by atoms with van der Waals surface area (Å²) >= 11 is 0. The molecule has 11 nitrogen and oxygen atoms in total. The van der Waals surface area contributed by atoms with Crippen LogP contribution in [0.25, 0.3) is 0 Å². The summed E-state index contributed by atoms with van der Waals surface area (Å²) in [6.45, 7) is 5.79. The highest BCUT2D eigenvalue weighted by atomic mass is 16.7. The number of carbonyl (C=O) groups is 2. The summed E-state index contributed by atoms with van der Waals surface area (Å²) in [6, 6.07) is 17.7. The zero-order valence-electron chi connectivity index (χ0n) is 27.1. The largest absolute Gasteiger partial charge is 0.497 e. The third kappa shape index (κ3) is 4.46. The Hall–Kier alpha value is -4.48. The van der Waals surface area contributed by atoms with Crippen molar-refractivity contribution in [2.45, 2.75) is 63.0 Å². The van der Waals surface area contributed by atoms with Gasteiger partial charge in [0.15, 0.2) is 17.1 Å². The number of aliphatic hydroxyl groups is 2. The van der Waals surface area contributed by atoms with Crippen LogP contribution in [0.3, 0.4) is 0 Å². The number of hydrogen-bond acceptors (Lipinski definition) is 9. The summed E-state index contributed by atoms with van der Waals surface area (Å²) in [5, 5.41) is 29.0. The lowest BCUT2D eigenvalue weighted by atomic mass is 9.74. The molecule has 3 aromatic rings. The van der Waals surface area contributed by atoms with Gasteiger partial charge in [0.1, 0.15) is 29.4 Å². The lowest BCUT2D eigenvalue weighted by Crippen LogP contribution is -2.58. The van der Waals surface area contributed by atoms with Crippen molar-refractivity contribution in [1.82, 2.24) is 10.2 Å². The second kappa shape index (κ2) is 11.1. The van der Waals surface area contributed by atoms with Crippen LogP contribution < -0.4 is 29.0 Å². The van der Waals surface area contributed by atoms with Gasteiger partial charge in [-0.1, -0.05) is 63.2 Å². The molecule has 1 saturated carbocycles. The van der Waals surface area contributed by atoms with Crippen LogP contribution in [0, 0.1) is 11.3 Å². The summed E-state index contributed by atoms with van der Waals surface area (Å²) in [5.74, 6) is -1.18. The number of hydrogen-bond donors (Lipinski definition) is 3. The van der Waals surface area contributed by atoms with E-state index in [1.165, 1.54) is 7.11 Å². The van der Waals surface area contributed by atoms with Gasteiger partial charge in [-0.15, -0.1) is 0 Å². The van der Waals surface area contributed by atoms with E-state index >= 15 is 4.79 Å². The average molecular weight is 645 g/mol. The van der Waals surface area contributed by atoms with Gasteiger partial charge in [0.25, 0.3) is 0 Å². The first-order chi connectivity index (χ1) is 22.5. The van der Waals surface area contributed by atoms with Crippen LogP contribution in [0.1, 0.15) is 56.2 Å². The van der Waals surface area contributed by atoms with Gasteiger partial charge < -0.3 is 44.1 Å². The van der Waals surface area contributed by atoms with E-state index in [-0.39, 0.29) is 41.4 Å². The number of benzene rings is 3. The summed E-state index contributed by atoms with van der Waals surface area (Å²) in [5.41, 5.74) is -3.30. The third-order valence-electron chi connectivity index (χ3n) is 10.0. The number of nitrogens with zero attached hydrogens (tertiary/aromatic N) is 1. The Morgan fingerprint density at radius 2 is 1.72 bits per heavy atom. The Labute approximate surface area is 273 Å². The highest BCUT2D eigenvalue weighted by Gasteiger charge is 2.77. The van der Waals surface area contributed by atoms with Crippen molar-refractivity contribution in [2.75, 3.05) is 27.6 Å². The first-order valence-electron chi connectivity index (χ1n) is 15.9. The molecule has 0 radical (unpaired) electrons. The first kappa shape index (κ1) is 31.1. The fourth-order valence-corrected chi connectivity index (χ4v) is 7.81. The maximum absolute atomic E-state index is 15.3. The number of fused-ring (bicyclic) bond motifs is 5. The van der Waals surface area contributed by atoms with Crippen molar-refractivity contribution >= 4 is 11.8 Å². The highest BCUT2D eigenvalue weighted by Crippen LogP contribution is 2.70. The fraction of sp³-hybridized carbons (Fsp3) is 0.444. The van der Waals surface area contributed by atoms with Crippen molar-refractivity contribution in [3.63, 3.8) is 0 Å². The number of carbonyl (C=O) groups excluding carboxylic acids is 2. The summed E-state index contributed by atoms with van der Waals surface area (Å²) in [4.78, 5) is 30.1. The quantitative estimate of drug-likeness (QED) is 0.366. The predicted octanol–water partition coefficient (Wildman–Crippen LogP) is 3.79. The lowest BCUT2D eigenvalue weighted by molar-refractivity contribution is -0.163. The van der Waals surface area contributed by atoms with E-state index in [2.05, 4.69) is 5.32 Å². The maximum Gasteiger partial charge on any atom is 0.232 e. The molecule has 3 N–H and O–H groups in total. The highest BCUT2D eigenvalue weighted by molar-refractivity contribution is 5.87. The van der Waals surface area contributed by atoms with E-state index in [0.29, 0.717) is 42.0 Å². The van der Waals surface area contributed by atoms with Gasteiger partial charge in [0, 0.05) is 23.9 Å². The molecule has 3 aliphatic heterocycles. The molecule has 3 heterocycles. The molecule has 2 fully saturated rings.